The van der Waals surface area contributed by atoms with E-state index in [1.807, 2.05) is 6.92 Å². The van der Waals surface area contributed by atoms with Gasteiger partial charge in [0.25, 0.3) is 0 Å². The van der Waals surface area contributed by atoms with Crippen LogP contribution in [0.5, 0.6) is 0 Å². The number of hydrogen-bond acceptors (Lipinski definition) is 4. The maximum Gasteiger partial charge on any atom is 0.132 e. The normalized spacial score (nSPS) is 16.9. The van der Waals surface area contributed by atoms with Crippen LogP contribution in [0.15, 0.2) is 6.07 Å². The highest BCUT2D eigenvalue weighted by atomic mass is 15.2. The Bertz CT molecular complexity index is 435. The van der Waals surface area contributed by atoms with Crippen LogP contribution in [0.25, 0.3) is 0 Å². The first kappa shape index (κ1) is 12.8. The fourth-order valence-electron chi connectivity index (χ4n) is 2.37. The molecule has 18 heavy (non-hydrogen) atoms. The molecule has 2 heterocycles. The van der Waals surface area contributed by atoms with Crippen LogP contribution in [-0.2, 0) is 6.42 Å². The zero-order valence-corrected chi connectivity index (χ0v) is 11.1. The van der Waals surface area contributed by atoms with Crippen molar-refractivity contribution < 1.29 is 0 Å². The number of rotatable bonds is 3. The second kappa shape index (κ2) is 5.33. The molecule has 1 aliphatic rings. The molecule has 98 valence electrons. The predicted octanol–water partition coefficient (Wildman–Crippen LogP) is 1.50. The zero-order valence-electron chi connectivity index (χ0n) is 11.1. The number of piperidine rings is 1. The smallest absolute Gasteiger partial charge is 0.132 e. The summed E-state index contributed by atoms with van der Waals surface area (Å²) < 4.78 is 0. The Morgan fingerprint density at radius 1 is 1.44 bits per heavy atom. The number of hydrogen-bond donors (Lipinski definition) is 2. The molecule has 0 amide bonds. The van der Waals surface area contributed by atoms with Crippen LogP contribution in [0.2, 0.25) is 0 Å². The van der Waals surface area contributed by atoms with Gasteiger partial charge in [-0.1, -0.05) is 6.92 Å². The van der Waals surface area contributed by atoms with E-state index in [2.05, 4.69) is 27.9 Å². The zero-order chi connectivity index (χ0) is 13.1. The van der Waals surface area contributed by atoms with E-state index in [1.54, 1.807) is 0 Å². The van der Waals surface area contributed by atoms with Crippen LogP contribution in [0.3, 0.4) is 0 Å². The summed E-state index contributed by atoms with van der Waals surface area (Å²) in [6, 6.07) is 2.07. The van der Waals surface area contributed by atoms with Crippen molar-refractivity contribution in [1.82, 2.24) is 9.97 Å². The number of anilines is 1. The summed E-state index contributed by atoms with van der Waals surface area (Å²) in [5, 5.41) is 7.49. The Hall–Kier alpha value is -1.65. The molecule has 0 atom stereocenters. The maximum absolute atomic E-state index is 7.49. The molecule has 0 saturated carbocycles. The topological polar surface area (TPSA) is 78.9 Å². The van der Waals surface area contributed by atoms with Gasteiger partial charge in [-0.3, -0.25) is 5.41 Å². The summed E-state index contributed by atoms with van der Waals surface area (Å²) in [6.07, 6.45) is 2.82. The minimum absolute atomic E-state index is 0.245. The lowest BCUT2D eigenvalue weighted by molar-refractivity contribution is 0.494. The summed E-state index contributed by atoms with van der Waals surface area (Å²) in [4.78, 5) is 11.2. The molecule has 5 nitrogen and oxygen atoms in total. The van der Waals surface area contributed by atoms with Crippen molar-refractivity contribution in [1.29, 1.82) is 5.41 Å². The highest BCUT2D eigenvalue weighted by Crippen LogP contribution is 2.22. The molecule has 0 radical (unpaired) electrons. The lowest BCUT2D eigenvalue weighted by atomic mass is 9.96. The number of nitrogens with one attached hydrogen (secondary N) is 1. The number of aromatic nitrogens is 2. The molecule has 1 aliphatic heterocycles. The van der Waals surface area contributed by atoms with Crippen molar-refractivity contribution in [2.75, 3.05) is 18.0 Å². The van der Waals surface area contributed by atoms with E-state index in [0.29, 0.717) is 5.84 Å². The molecule has 0 spiro atoms. The molecule has 0 aliphatic carbocycles. The quantitative estimate of drug-likeness (QED) is 0.626. The number of amidine groups is 1. The van der Waals surface area contributed by atoms with Crippen LogP contribution in [-0.4, -0.2) is 28.9 Å². The van der Waals surface area contributed by atoms with Gasteiger partial charge in [-0.25, -0.2) is 9.97 Å². The molecule has 1 saturated heterocycles. The molecule has 1 fully saturated rings. The van der Waals surface area contributed by atoms with Gasteiger partial charge >= 0.3 is 0 Å². The largest absolute Gasteiger partial charge is 0.387 e. The Balaban J connectivity index is 2.09. The van der Waals surface area contributed by atoms with Crippen molar-refractivity contribution in [3.63, 3.8) is 0 Å². The van der Waals surface area contributed by atoms with E-state index < -0.39 is 0 Å². The maximum atomic E-state index is 7.49. The molecule has 1 aromatic rings. The SMILES string of the molecule is CCc1cc(N2CCC(C(=N)N)CC2)nc(C)n1. The third kappa shape index (κ3) is 2.78. The standard InChI is InChI=1S/C13H21N5/c1-3-11-8-12(17-9(2)16-11)18-6-4-10(5-7-18)13(14)15/h8,10H,3-7H2,1-2H3,(H3,14,15). The molecule has 0 unspecified atom stereocenters. The monoisotopic (exact) mass is 247 g/mol. The van der Waals surface area contributed by atoms with Gasteiger partial charge in [0.05, 0.1) is 5.84 Å². The number of aryl methyl sites for hydroxylation is 2. The van der Waals surface area contributed by atoms with Gasteiger partial charge < -0.3 is 10.6 Å². The summed E-state index contributed by atoms with van der Waals surface area (Å²) in [5.41, 5.74) is 6.65. The number of nitrogens with two attached hydrogens (primary N) is 1. The minimum Gasteiger partial charge on any atom is -0.387 e. The van der Waals surface area contributed by atoms with E-state index in [9.17, 15) is 0 Å². The Labute approximate surface area is 108 Å². The molecule has 2 rings (SSSR count). The Morgan fingerprint density at radius 3 is 2.67 bits per heavy atom. The molecule has 0 aromatic carbocycles. The van der Waals surface area contributed by atoms with Crippen molar-refractivity contribution in [3.05, 3.63) is 17.6 Å². The van der Waals surface area contributed by atoms with Gasteiger partial charge in [0.15, 0.2) is 0 Å². The van der Waals surface area contributed by atoms with Crippen LogP contribution >= 0.6 is 0 Å². The fourth-order valence-corrected chi connectivity index (χ4v) is 2.37. The third-order valence-electron chi connectivity index (χ3n) is 3.50. The van der Waals surface area contributed by atoms with Gasteiger partial charge in [-0.05, 0) is 26.2 Å². The van der Waals surface area contributed by atoms with Crippen molar-refractivity contribution in [3.8, 4) is 0 Å². The minimum atomic E-state index is 0.245. The molecule has 3 N–H and O–H groups in total. The lowest BCUT2D eigenvalue weighted by Crippen LogP contribution is -2.38. The molecule has 5 heteroatoms. The van der Waals surface area contributed by atoms with Gasteiger partial charge in [-0.15, -0.1) is 0 Å². The van der Waals surface area contributed by atoms with Gasteiger partial charge in [-0.2, -0.15) is 0 Å². The van der Waals surface area contributed by atoms with Crippen LogP contribution in [0, 0.1) is 18.3 Å². The van der Waals surface area contributed by atoms with E-state index in [0.717, 1.165) is 49.7 Å². The predicted molar refractivity (Wildman–Crippen MR) is 73.0 cm³/mol. The molecular formula is C13H21N5. The number of nitrogens with zero attached hydrogens (tertiary/aromatic N) is 3. The van der Waals surface area contributed by atoms with Crippen LogP contribution in [0.4, 0.5) is 5.82 Å². The van der Waals surface area contributed by atoms with E-state index in [4.69, 9.17) is 11.1 Å². The Kier molecular flexibility index (Phi) is 3.79. The summed E-state index contributed by atoms with van der Waals surface area (Å²) in [7, 11) is 0. The molecule has 1 aromatic heterocycles. The first-order valence-corrected chi connectivity index (χ1v) is 6.53. The van der Waals surface area contributed by atoms with E-state index in [-0.39, 0.29) is 5.92 Å². The van der Waals surface area contributed by atoms with Gasteiger partial charge in [0.1, 0.15) is 11.6 Å². The average molecular weight is 247 g/mol. The van der Waals surface area contributed by atoms with Gasteiger partial charge in [0, 0.05) is 30.8 Å². The molecular weight excluding hydrogens is 226 g/mol. The van der Waals surface area contributed by atoms with Gasteiger partial charge in [0.2, 0.25) is 0 Å². The summed E-state index contributed by atoms with van der Waals surface area (Å²) >= 11 is 0. The highest BCUT2D eigenvalue weighted by Gasteiger charge is 2.22. The first-order chi connectivity index (χ1) is 8.60. The summed E-state index contributed by atoms with van der Waals surface area (Å²) in [6.45, 7) is 5.88. The van der Waals surface area contributed by atoms with Crippen LogP contribution in [0.1, 0.15) is 31.3 Å². The lowest BCUT2D eigenvalue weighted by Gasteiger charge is -2.32. The van der Waals surface area contributed by atoms with E-state index in [1.165, 1.54) is 0 Å². The van der Waals surface area contributed by atoms with Crippen molar-refractivity contribution >= 4 is 11.7 Å². The summed E-state index contributed by atoms with van der Waals surface area (Å²) in [5.74, 6) is 2.41. The van der Waals surface area contributed by atoms with Crippen molar-refractivity contribution in [2.45, 2.75) is 33.1 Å². The van der Waals surface area contributed by atoms with Crippen LogP contribution < -0.4 is 10.6 Å². The first-order valence-electron chi connectivity index (χ1n) is 6.53. The molecule has 0 bridgehead atoms. The Morgan fingerprint density at radius 2 is 2.11 bits per heavy atom. The fraction of sp³-hybridized carbons (Fsp3) is 0.615. The van der Waals surface area contributed by atoms with E-state index >= 15 is 0 Å². The third-order valence-corrected chi connectivity index (χ3v) is 3.50. The second-order valence-corrected chi connectivity index (χ2v) is 4.83. The highest BCUT2D eigenvalue weighted by molar-refractivity contribution is 5.79. The average Bonchev–Trinajstić information content (AvgIpc) is 2.38. The second-order valence-electron chi connectivity index (χ2n) is 4.83. The van der Waals surface area contributed by atoms with Crippen molar-refractivity contribution in [2.24, 2.45) is 11.7 Å².